The molecule has 2 fully saturated rings. The number of ether oxygens (including phenoxy) is 3. The molecular weight excluding hydrogens is 604 g/mol. The Morgan fingerprint density at radius 3 is 2.72 bits per heavy atom. The highest BCUT2D eigenvalue weighted by molar-refractivity contribution is 6.30. The Morgan fingerprint density at radius 2 is 1.98 bits per heavy atom. The van der Waals surface area contributed by atoms with Crippen LogP contribution in [0, 0.1) is 17.8 Å². The van der Waals surface area contributed by atoms with Crippen LogP contribution in [0.15, 0.2) is 36.4 Å². The number of nitrogens with zero attached hydrogens (tertiary/aromatic N) is 2. The van der Waals surface area contributed by atoms with Gasteiger partial charge in [0.2, 0.25) is 0 Å². The lowest BCUT2D eigenvalue weighted by atomic mass is 9.67. The molecule has 1 saturated carbocycles. The van der Waals surface area contributed by atoms with E-state index in [1.54, 1.807) is 17.0 Å². The number of anilines is 1. The highest BCUT2D eigenvalue weighted by atomic mass is 35.5. The van der Waals surface area contributed by atoms with E-state index in [4.69, 9.17) is 25.8 Å². The Kier molecular flexibility index (Phi) is 9.50. The molecule has 1 N–H and O–H groups in total. The predicted molar refractivity (Wildman–Crippen MR) is 179 cm³/mol. The summed E-state index contributed by atoms with van der Waals surface area (Å²) in [4.78, 5) is 28.6. The van der Waals surface area contributed by atoms with Crippen molar-refractivity contribution < 1.29 is 28.9 Å². The Balaban J connectivity index is 1.18. The first-order valence-electron chi connectivity index (χ1n) is 17.0. The summed E-state index contributed by atoms with van der Waals surface area (Å²) < 4.78 is 18.5. The summed E-state index contributed by atoms with van der Waals surface area (Å²) in [5, 5.41) is 10.6. The number of fused-ring (bicyclic) bond motifs is 3. The van der Waals surface area contributed by atoms with Crippen molar-refractivity contribution in [3.63, 3.8) is 0 Å². The molecular formula is C37H49ClN2O6. The summed E-state index contributed by atoms with van der Waals surface area (Å²) in [6, 6.07) is 11.5. The van der Waals surface area contributed by atoms with Gasteiger partial charge in [0.1, 0.15) is 11.4 Å². The van der Waals surface area contributed by atoms with Crippen molar-refractivity contribution in [3.8, 4) is 5.75 Å². The van der Waals surface area contributed by atoms with Crippen molar-refractivity contribution in [1.82, 2.24) is 4.90 Å². The van der Waals surface area contributed by atoms with Gasteiger partial charge in [-0.15, -0.1) is 0 Å². The summed E-state index contributed by atoms with van der Waals surface area (Å²) >= 11 is 6.42. The minimum absolute atomic E-state index is 0.198. The molecule has 0 bridgehead atoms. The molecule has 4 aliphatic rings. The average molecular weight is 653 g/mol. The van der Waals surface area contributed by atoms with Gasteiger partial charge in [-0.2, -0.15) is 0 Å². The second-order valence-electron chi connectivity index (χ2n) is 15.1. The van der Waals surface area contributed by atoms with Crippen LogP contribution in [-0.4, -0.2) is 73.7 Å². The van der Waals surface area contributed by atoms with Crippen molar-refractivity contribution in [2.45, 2.75) is 89.3 Å². The first-order chi connectivity index (χ1) is 21.9. The summed E-state index contributed by atoms with van der Waals surface area (Å²) in [5.41, 5.74) is 3.04. The molecule has 46 heavy (non-hydrogen) atoms. The number of carboxylic acids is 1. The van der Waals surface area contributed by atoms with E-state index in [2.05, 4.69) is 17.0 Å². The molecule has 2 aromatic carbocycles. The quantitative estimate of drug-likeness (QED) is 0.330. The van der Waals surface area contributed by atoms with Crippen LogP contribution >= 0.6 is 11.6 Å². The maximum Gasteiger partial charge on any atom is 0.410 e. The van der Waals surface area contributed by atoms with Crippen LogP contribution in [0.4, 0.5) is 10.5 Å². The number of carbonyl (C=O) groups is 2. The van der Waals surface area contributed by atoms with E-state index in [9.17, 15) is 14.7 Å². The third-order valence-corrected chi connectivity index (χ3v) is 10.9. The van der Waals surface area contributed by atoms with E-state index in [0.717, 1.165) is 87.5 Å². The van der Waals surface area contributed by atoms with Gasteiger partial charge in [-0.3, -0.25) is 0 Å². The van der Waals surface area contributed by atoms with Crippen LogP contribution in [0.25, 0.3) is 0 Å². The zero-order valence-corrected chi connectivity index (χ0v) is 28.5. The van der Waals surface area contributed by atoms with Gasteiger partial charge in [0.25, 0.3) is 0 Å². The van der Waals surface area contributed by atoms with E-state index >= 15 is 0 Å². The Hall–Kier alpha value is -2.97. The predicted octanol–water partition coefficient (Wildman–Crippen LogP) is 7.59. The third kappa shape index (κ3) is 7.13. The zero-order valence-electron chi connectivity index (χ0n) is 27.7. The first-order valence-corrected chi connectivity index (χ1v) is 17.4. The first kappa shape index (κ1) is 33.0. The Labute approximate surface area is 278 Å². The minimum Gasteiger partial charge on any atom is -0.490 e. The van der Waals surface area contributed by atoms with Gasteiger partial charge in [-0.25, -0.2) is 9.59 Å². The van der Waals surface area contributed by atoms with Crippen molar-refractivity contribution in [3.05, 3.63) is 58.1 Å². The molecule has 2 aromatic rings. The molecule has 3 unspecified atom stereocenters. The van der Waals surface area contributed by atoms with Crippen LogP contribution in [0.1, 0.15) is 87.2 Å². The number of benzene rings is 2. The van der Waals surface area contributed by atoms with E-state index in [1.807, 2.05) is 40.0 Å². The van der Waals surface area contributed by atoms with Crippen LogP contribution < -0.4 is 9.64 Å². The third-order valence-electron chi connectivity index (χ3n) is 10.7. The number of hydrogen-bond donors (Lipinski definition) is 1. The highest BCUT2D eigenvalue weighted by Gasteiger charge is 2.45. The summed E-state index contributed by atoms with van der Waals surface area (Å²) in [5.74, 6) is 1.22. The van der Waals surface area contributed by atoms with Crippen molar-refractivity contribution in [1.29, 1.82) is 0 Å². The summed E-state index contributed by atoms with van der Waals surface area (Å²) in [6.07, 6.45) is 8.22. The fraction of sp³-hybridized carbons (Fsp3) is 0.622. The average Bonchev–Trinajstić information content (AvgIpc) is 3.14. The standard InChI is InChI=1S/C37H49ClN2O6/c1-36(2,3)46-35(43)39(4)16-13-24-14-17-44-33(18-24)29-10-7-27(29)21-40-22-37(15-5-6-25-19-28(38)9-11-30(25)37)23-45-32-12-8-26(34(41)42)20-31(32)40/h8-9,11-12,19-20,24,27,29,33H,5-7,10,13-18,21-23H2,1-4H3,(H,41,42)/t24-,27?,29?,33+,37?/m1/s1. The van der Waals surface area contributed by atoms with Gasteiger partial charge in [-0.05, 0) is 131 Å². The smallest absolute Gasteiger partial charge is 0.410 e. The number of carbonyl (C=O) groups excluding carboxylic acids is 1. The molecule has 6 rings (SSSR count). The number of rotatable bonds is 7. The normalized spacial score (nSPS) is 27.5. The number of amides is 1. The molecule has 2 heterocycles. The number of aromatic carboxylic acids is 1. The fourth-order valence-electron chi connectivity index (χ4n) is 8.11. The minimum atomic E-state index is -0.931. The maximum atomic E-state index is 12.5. The van der Waals surface area contributed by atoms with Gasteiger partial charge >= 0.3 is 12.1 Å². The molecule has 1 saturated heterocycles. The van der Waals surface area contributed by atoms with Gasteiger partial charge < -0.3 is 29.1 Å². The van der Waals surface area contributed by atoms with E-state index in [-0.39, 0.29) is 23.2 Å². The summed E-state index contributed by atoms with van der Waals surface area (Å²) in [7, 11) is 1.82. The second-order valence-corrected chi connectivity index (χ2v) is 15.5. The van der Waals surface area contributed by atoms with Crippen LogP contribution in [0.2, 0.25) is 5.02 Å². The zero-order chi connectivity index (χ0) is 32.6. The monoisotopic (exact) mass is 652 g/mol. The second kappa shape index (κ2) is 13.3. The maximum absolute atomic E-state index is 12.5. The fourth-order valence-corrected chi connectivity index (χ4v) is 8.30. The highest BCUT2D eigenvalue weighted by Crippen LogP contribution is 2.48. The Bertz CT molecular complexity index is 1440. The van der Waals surface area contributed by atoms with E-state index in [1.165, 1.54) is 11.1 Å². The molecule has 9 heteroatoms. The van der Waals surface area contributed by atoms with E-state index in [0.29, 0.717) is 30.9 Å². The largest absolute Gasteiger partial charge is 0.490 e. The molecule has 250 valence electrons. The van der Waals surface area contributed by atoms with Crippen molar-refractivity contribution in [2.24, 2.45) is 17.8 Å². The number of aryl methyl sites for hydroxylation is 1. The number of halogens is 1. The van der Waals surface area contributed by atoms with Crippen LogP contribution in [-0.2, 0) is 21.3 Å². The number of carboxylic acid groups (broad SMARTS) is 1. The lowest BCUT2D eigenvalue weighted by molar-refractivity contribution is -0.0839. The van der Waals surface area contributed by atoms with Crippen LogP contribution in [0.3, 0.4) is 0 Å². The van der Waals surface area contributed by atoms with Gasteiger partial charge in [0.05, 0.1) is 24.0 Å². The molecule has 1 amide bonds. The molecule has 8 nitrogen and oxygen atoms in total. The van der Waals surface area contributed by atoms with Crippen LogP contribution in [0.5, 0.6) is 5.75 Å². The molecule has 0 radical (unpaired) electrons. The van der Waals surface area contributed by atoms with Crippen molar-refractivity contribution in [2.75, 3.05) is 44.8 Å². The molecule has 2 aliphatic heterocycles. The Morgan fingerprint density at radius 1 is 1.15 bits per heavy atom. The molecule has 5 atom stereocenters. The lowest BCUT2D eigenvalue weighted by Crippen LogP contribution is -2.50. The molecule has 0 aromatic heterocycles. The van der Waals surface area contributed by atoms with Gasteiger partial charge in [0.15, 0.2) is 0 Å². The van der Waals surface area contributed by atoms with E-state index < -0.39 is 11.6 Å². The topological polar surface area (TPSA) is 88.5 Å². The lowest BCUT2D eigenvalue weighted by Gasteiger charge is -2.48. The molecule has 2 aliphatic carbocycles. The summed E-state index contributed by atoms with van der Waals surface area (Å²) in [6.45, 7) is 9.25. The molecule has 1 spiro atoms. The SMILES string of the molecule is CN(CC[C@@H]1CCO[C@H](C2CCC2CN2CC3(CCCc4cc(Cl)ccc43)COc3ccc(C(=O)O)cc32)C1)C(=O)OC(C)(C)C. The van der Waals surface area contributed by atoms with Gasteiger partial charge in [-0.1, -0.05) is 17.7 Å². The number of hydrogen-bond acceptors (Lipinski definition) is 6. The van der Waals surface area contributed by atoms with Crippen molar-refractivity contribution >= 4 is 29.4 Å². The van der Waals surface area contributed by atoms with Gasteiger partial charge in [0, 0.05) is 43.7 Å².